The second-order valence-corrected chi connectivity index (χ2v) is 5.24. The second-order valence-electron chi connectivity index (χ2n) is 4.40. The van der Waals surface area contributed by atoms with Crippen molar-refractivity contribution in [3.8, 4) is 0 Å². The number of aliphatic carboxylic acids is 1. The van der Waals surface area contributed by atoms with Gasteiger partial charge in [-0.3, -0.25) is 9.59 Å². The van der Waals surface area contributed by atoms with Gasteiger partial charge in [0.2, 0.25) is 5.91 Å². The van der Waals surface area contributed by atoms with E-state index < -0.39 is 17.9 Å². The fourth-order valence-electron chi connectivity index (χ4n) is 1.48. The third kappa shape index (κ3) is 4.73. The zero-order valence-corrected chi connectivity index (χ0v) is 12.1. The van der Waals surface area contributed by atoms with Crippen LogP contribution in [0.2, 0.25) is 10.0 Å². The maximum Gasteiger partial charge on any atom is 0.308 e. The summed E-state index contributed by atoms with van der Waals surface area (Å²) >= 11 is 11.7. The van der Waals surface area contributed by atoms with E-state index in [0.29, 0.717) is 15.6 Å². The van der Waals surface area contributed by atoms with Gasteiger partial charge in [-0.25, -0.2) is 0 Å². The topological polar surface area (TPSA) is 66.4 Å². The van der Waals surface area contributed by atoms with E-state index in [0.717, 1.165) is 0 Å². The van der Waals surface area contributed by atoms with Crippen LogP contribution < -0.4 is 5.32 Å². The summed E-state index contributed by atoms with van der Waals surface area (Å²) in [5, 5.41) is 12.4. The molecule has 0 aliphatic heterocycles. The van der Waals surface area contributed by atoms with Crippen LogP contribution in [-0.4, -0.2) is 23.0 Å². The van der Waals surface area contributed by atoms with Gasteiger partial charge in [-0.1, -0.05) is 29.3 Å². The van der Waals surface area contributed by atoms with Crippen LogP contribution in [0.25, 0.3) is 0 Å². The Balaban J connectivity index is 2.63. The van der Waals surface area contributed by atoms with Crippen molar-refractivity contribution in [2.24, 2.45) is 5.92 Å². The molecule has 0 heterocycles. The monoisotopic (exact) mass is 303 g/mol. The number of nitrogens with one attached hydrogen (secondary N) is 1. The summed E-state index contributed by atoms with van der Waals surface area (Å²) in [4.78, 5) is 22.6. The normalized spacial score (nSPS) is 13.7. The average Bonchev–Trinajstić information content (AvgIpc) is 2.31. The highest BCUT2D eigenvalue weighted by molar-refractivity contribution is 6.35. The molecule has 2 atom stereocenters. The Morgan fingerprint density at radius 1 is 1.32 bits per heavy atom. The molecule has 1 aromatic carbocycles. The summed E-state index contributed by atoms with van der Waals surface area (Å²) in [6, 6.07) is 4.44. The predicted molar refractivity (Wildman–Crippen MR) is 74.6 cm³/mol. The molecular weight excluding hydrogens is 289 g/mol. The van der Waals surface area contributed by atoms with E-state index in [4.69, 9.17) is 28.3 Å². The number of rotatable bonds is 5. The van der Waals surface area contributed by atoms with Gasteiger partial charge in [-0.2, -0.15) is 0 Å². The molecule has 0 aliphatic rings. The van der Waals surface area contributed by atoms with Gasteiger partial charge in [0.15, 0.2) is 0 Å². The lowest BCUT2D eigenvalue weighted by Crippen LogP contribution is -2.40. The van der Waals surface area contributed by atoms with Gasteiger partial charge >= 0.3 is 5.97 Å². The maximum atomic E-state index is 11.8. The van der Waals surface area contributed by atoms with Crippen molar-refractivity contribution in [2.75, 3.05) is 0 Å². The first-order valence-corrected chi connectivity index (χ1v) is 6.53. The van der Waals surface area contributed by atoms with Crippen molar-refractivity contribution in [3.05, 3.63) is 33.8 Å². The molecule has 0 bridgehead atoms. The van der Waals surface area contributed by atoms with Crippen molar-refractivity contribution < 1.29 is 14.7 Å². The minimum atomic E-state index is -0.947. The molecule has 1 amide bonds. The van der Waals surface area contributed by atoms with Crippen LogP contribution in [0.3, 0.4) is 0 Å². The minimum absolute atomic E-state index is 0.0900. The van der Waals surface area contributed by atoms with E-state index in [1.54, 1.807) is 32.0 Å². The summed E-state index contributed by atoms with van der Waals surface area (Å²) in [5.74, 6) is -1.87. The van der Waals surface area contributed by atoms with Crippen molar-refractivity contribution in [3.63, 3.8) is 0 Å². The fraction of sp³-hybridized carbons (Fsp3) is 0.385. The number of carbonyl (C=O) groups is 2. The number of carboxylic acids is 1. The molecule has 4 nitrogen and oxygen atoms in total. The molecular formula is C13H15Cl2NO3. The maximum absolute atomic E-state index is 11.8. The van der Waals surface area contributed by atoms with E-state index in [1.165, 1.54) is 0 Å². The Morgan fingerprint density at radius 2 is 1.95 bits per heavy atom. The number of hydrogen-bond acceptors (Lipinski definition) is 2. The smallest absolute Gasteiger partial charge is 0.308 e. The summed E-state index contributed by atoms with van der Waals surface area (Å²) in [6.07, 6.45) is 0.0900. The highest BCUT2D eigenvalue weighted by Crippen LogP contribution is 2.21. The van der Waals surface area contributed by atoms with E-state index >= 15 is 0 Å². The van der Waals surface area contributed by atoms with Crippen LogP contribution in [0.5, 0.6) is 0 Å². The number of carbonyl (C=O) groups excluding carboxylic acids is 1. The van der Waals surface area contributed by atoms with Crippen molar-refractivity contribution in [1.29, 1.82) is 0 Å². The first-order valence-electron chi connectivity index (χ1n) is 5.77. The SMILES string of the molecule is CC(NC(=O)Cc1ccc(Cl)cc1Cl)C(C)C(=O)O. The first kappa shape index (κ1) is 15.8. The van der Waals surface area contributed by atoms with Crippen molar-refractivity contribution in [2.45, 2.75) is 26.3 Å². The molecule has 1 rings (SSSR count). The third-order valence-electron chi connectivity index (χ3n) is 2.89. The second kappa shape index (κ2) is 6.78. The van der Waals surface area contributed by atoms with Crippen LogP contribution in [0.1, 0.15) is 19.4 Å². The van der Waals surface area contributed by atoms with Crippen molar-refractivity contribution in [1.82, 2.24) is 5.32 Å². The van der Waals surface area contributed by atoms with E-state index in [9.17, 15) is 9.59 Å². The predicted octanol–water partition coefficient (Wildman–Crippen LogP) is 2.76. The number of hydrogen-bond donors (Lipinski definition) is 2. The van der Waals surface area contributed by atoms with Gasteiger partial charge in [0, 0.05) is 16.1 Å². The Labute approximate surface area is 121 Å². The molecule has 0 aromatic heterocycles. The molecule has 0 saturated carbocycles. The lowest BCUT2D eigenvalue weighted by Gasteiger charge is -2.17. The third-order valence-corrected chi connectivity index (χ3v) is 3.48. The van der Waals surface area contributed by atoms with Crippen LogP contribution in [0.15, 0.2) is 18.2 Å². The average molecular weight is 304 g/mol. The zero-order chi connectivity index (χ0) is 14.6. The summed E-state index contributed by atoms with van der Waals surface area (Å²) < 4.78 is 0. The Hall–Kier alpha value is -1.26. The Kier molecular flexibility index (Phi) is 5.63. The van der Waals surface area contributed by atoms with E-state index in [1.807, 2.05) is 0 Å². The van der Waals surface area contributed by atoms with Gasteiger partial charge in [0.1, 0.15) is 0 Å². The van der Waals surface area contributed by atoms with Crippen LogP contribution in [0, 0.1) is 5.92 Å². The number of carboxylic acid groups (broad SMARTS) is 1. The quantitative estimate of drug-likeness (QED) is 0.879. The molecule has 0 saturated heterocycles. The zero-order valence-electron chi connectivity index (χ0n) is 10.6. The molecule has 0 aliphatic carbocycles. The molecule has 1 aromatic rings. The van der Waals surface area contributed by atoms with Crippen LogP contribution >= 0.6 is 23.2 Å². The van der Waals surface area contributed by atoms with Crippen LogP contribution in [-0.2, 0) is 16.0 Å². The van der Waals surface area contributed by atoms with Gasteiger partial charge < -0.3 is 10.4 Å². The van der Waals surface area contributed by atoms with Gasteiger partial charge in [-0.05, 0) is 31.5 Å². The standard InChI is InChI=1S/C13H15Cl2NO3/c1-7(13(18)19)8(2)16-12(17)5-9-3-4-10(14)6-11(9)15/h3-4,6-8H,5H2,1-2H3,(H,16,17)(H,18,19). The molecule has 2 unspecified atom stereocenters. The highest BCUT2D eigenvalue weighted by atomic mass is 35.5. The molecule has 0 radical (unpaired) electrons. The molecule has 0 fully saturated rings. The van der Waals surface area contributed by atoms with Gasteiger partial charge in [0.25, 0.3) is 0 Å². The van der Waals surface area contributed by atoms with Crippen molar-refractivity contribution >= 4 is 35.1 Å². The van der Waals surface area contributed by atoms with Gasteiger partial charge in [0.05, 0.1) is 12.3 Å². The summed E-state index contributed by atoms with van der Waals surface area (Å²) in [5.41, 5.74) is 0.652. The molecule has 19 heavy (non-hydrogen) atoms. The lowest BCUT2D eigenvalue weighted by molar-refractivity contribution is -0.142. The van der Waals surface area contributed by atoms with E-state index in [2.05, 4.69) is 5.32 Å². The van der Waals surface area contributed by atoms with Crippen LogP contribution in [0.4, 0.5) is 0 Å². The molecule has 104 valence electrons. The number of benzene rings is 1. The molecule has 0 spiro atoms. The minimum Gasteiger partial charge on any atom is -0.481 e. The summed E-state index contributed by atoms with van der Waals surface area (Å²) in [7, 11) is 0. The highest BCUT2D eigenvalue weighted by Gasteiger charge is 2.21. The first-order chi connectivity index (χ1) is 8.81. The lowest BCUT2D eigenvalue weighted by atomic mass is 10.0. The molecule has 2 N–H and O–H groups in total. The Bertz CT molecular complexity index is 491. The number of halogens is 2. The Morgan fingerprint density at radius 3 is 2.47 bits per heavy atom. The fourth-order valence-corrected chi connectivity index (χ4v) is 1.96. The largest absolute Gasteiger partial charge is 0.481 e. The van der Waals surface area contributed by atoms with Gasteiger partial charge in [-0.15, -0.1) is 0 Å². The number of amides is 1. The molecule has 6 heteroatoms. The van der Waals surface area contributed by atoms with E-state index in [-0.39, 0.29) is 12.3 Å². The summed E-state index contributed by atoms with van der Waals surface area (Å²) in [6.45, 7) is 3.20.